The van der Waals surface area contributed by atoms with Crippen LogP contribution in [0.15, 0.2) is 96.7 Å². The highest BCUT2D eigenvalue weighted by Gasteiger charge is 2.65. The summed E-state index contributed by atoms with van der Waals surface area (Å²) in [6.07, 6.45) is 10.5. The number of rotatable bonds is 20. The molecule has 1 fully saturated rings. The molecule has 0 radical (unpaired) electrons. The molecule has 1 saturated carbocycles. The van der Waals surface area contributed by atoms with Crippen LogP contribution in [0.25, 0.3) is 0 Å². The Kier molecular flexibility index (Phi) is 14.4. The Hall–Kier alpha value is -5.30. The number of hydrogen-bond acceptors (Lipinski definition) is 11. The number of carbonyl (C=O) groups excluding carboxylic acids is 1. The molecule has 3 aromatic rings. The molecule has 2 aliphatic carbocycles. The number of amides is 1. The topological polar surface area (TPSA) is 138 Å². The van der Waals surface area contributed by atoms with E-state index in [0.29, 0.717) is 48.0 Å². The maximum absolute atomic E-state index is 14.6. The summed E-state index contributed by atoms with van der Waals surface area (Å²) in [6, 6.07) is 16.9. The minimum atomic E-state index is -1.46. The molecule has 2 aliphatic heterocycles. The minimum Gasteiger partial charge on any atom is -0.459 e. The molecule has 12 nitrogen and oxygen atoms in total. The molecule has 326 valence electrons. The Morgan fingerprint density at radius 3 is 2.43 bits per heavy atom. The second-order valence-electron chi connectivity index (χ2n) is 16.3. The van der Waals surface area contributed by atoms with Crippen LogP contribution >= 0.6 is 0 Å². The van der Waals surface area contributed by atoms with E-state index in [2.05, 4.69) is 45.2 Å². The van der Waals surface area contributed by atoms with Gasteiger partial charge >= 0.3 is 6.09 Å². The van der Waals surface area contributed by atoms with E-state index in [1.807, 2.05) is 42.5 Å². The molecule has 0 saturated heterocycles. The zero-order valence-corrected chi connectivity index (χ0v) is 35.7. The van der Waals surface area contributed by atoms with E-state index in [1.165, 1.54) is 12.7 Å². The highest BCUT2D eigenvalue weighted by molar-refractivity contribution is 6.03. The number of oxime groups is 1. The van der Waals surface area contributed by atoms with Crippen molar-refractivity contribution in [3.8, 4) is 28.7 Å². The number of unbranched alkanes of at least 4 members (excludes halogenated alkanes) is 2. The van der Waals surface area contributed by atoms with Crippen molar-refractivity contribution in [3.63, 3.8) is 0 Å². The fourth-order valence-electron chi connectivity index (χ4n) is 9.59. The standard InChI is InChI=1S/C49H60N2O10/c1-6-8-24-56-48(54)51(30-34-16-19-43-44(26-34)58-31-57-43)45-29-41(50-55-5)39-27-35(13-9-11-21-52)38(14-10-12-22-53)46-40-28-37(60-36-17-15-32(3)33(4)25-36)18-20-42(40)61-49(45,47(39)46)59-23-7-2/h6-7,15-20,25-28,35,38,45-47,52-53H,1-2,8-14,21-24,29-31H2,3-5H3/t35-,38+,45-,46+,47+,49+/m0/s1. The lowest BCUT2D eigenvalue weighted by atomic mass is 9.55. The zero-order chi connectivity index (χ0) is 42.9. The van der Waals surface area contributed by atoms with Crippen LogP contribution in [0.4, 0.5) is 4.79 Å². The smallest absolute Gasteiger partial charge is 0.410 e. The third-order valence-electron chi connectivity index (χ3n) is 12.5. The lowest BCUT2D eigenvalue weighted by Crippen LogP contribution is -2.70. The molecule has 0 aromatic heterocycles. The first-order valence-electron chi connectivity index (χ1n) is 21.5. The zero-order valence-electron chi connectivity index (χ0n) is 35.7. The molecule has 0 spiro atoms. The normalized spacial score (nSPS) is 23.9. The Bertz CT molecular complexity index is 2100. The van der Waals surface area contributed by atoms with E-state index in [1.54, 1.807) is 17.1 Å². The van der Waals surface area contributed by atoms with Gasteiger partial charge in [0.25, 0.3) is 0 Å². The van der Waals surface area contributed by atoms with Crippen molar-refractivity contribution in [2.75, 3.05) is 40.3 Å². The largest absolute Gasteiger partial charge is 0.459 e. The quantitative estimate of drug-likeness (QED) is 0.0644. The molecule has 0 unspecified atom stereocenters. The van der Waals surface area contributed by atoms with Crippen molar-refractivity contribution in [1.29, 1.82) is 0 Å². The van der Waals surface area contributed by atoms with E-state index >= 15 is 0 Å². The first kappa shape index (κ1) is 43.8. The van der Waals surface area contributed by atoms with E-state index in [0.717, 1.165) is 53.7 Å². The van der Waals surface area contributed by atoms with Crippen LogP contribution in [-0.4, -0.2) is 79.1 Å². The van der Waals surface area contributed by atoms with E-state index in [9.17, 15) is 15.0 Å². The summed E-state index contributed by atoms with van der Waals surface area (Å²) in [5, 5.41) is 24.5. The summed E-state index contributed by atoms with van der Waals surface area (Å²) in [4.78, 5) is 21.9. The molecule has 61 heavy (non-hydrogen) atoms. The van der Waals surface area contributed by atoms with E-state index < -0.39 is 23.8 Å². The van der Waals surface area contributed by atoms with Crippen molar-refractivity contribution >= 4 is 11.8 Å². The van der Waals surface area contributed by atoms with Crippen LogP contribution in [0.3, 0.4) is 0 Å². The average molecular weight is 837 g/mol. The van der Waals surface area contributed by atoms with Crippen LogP contribution in [-0.2, 0) is 20.9 Å². The maximum atomic E-state index is 14.6. The number of nitrogens with zero attached hydrogens (tertiary/aromatic N) is 2. The van der Waals surface area contributed by atoms with Gasteiger partial charge in [-0.2, -0.15) is 0 Å². The van der Waals surface area contributed by atoms with Crippen LogP contribution < -0.4 is 18.9 Å². The summed E-state index contributed by atoms with van der Waals surface area (Å²) in [5.74, 6) is 1.22. The predicted molar refractivity (Wildman–Crippen MR) is 232 cm³/mol. The van der Waals surface area contributed by atoms with Crippen molar-refractivity contribution < 1.29 is 48.3 Å². The first-order chi connectivity index (χ1) is 29.7. The Morgan fingerprint density at radius 2 is 1.67 bits per heavy atom. The minimum absolute atomic E-state index is 0.0506. The van der Waals surface area contributed by atoms with Gasteiger partial charge in [-0.1, -0.05) is 48.4 Å². The van der Waals surface area contributed by atoms with Gasteiger partial charge in [-0.05, 0) is 123 Å². The number of allylic oxidation sites excluding steroid dienone is 1. The Balaban J connectivity index is 1.43. The Labute approximate surface area is 359 Å². The van der Waals surface area contributed by atoms with Crippen LogP contribution in [0.2, 0.25) is 0 Å². The van der Waals surface area contributed by atoms with Crippen molar-refractivity contribution in [2.24, 2.45) is 22.9 Å². The van der Waals surface area contributed by atoms with Crippen LogP contribution in [0, 0.1) is 31.6 Å². The monoisotopic (exact) mass is 836 g/mol. The molecule has 0 bridgehead atoms. The number of aliphatic hydroxyl groups is 2. The molecule has 6 atom stereocenters. The van der Waals surface area contributed by atoms with Gasteiger partial charge in [-0.3, -0.25) is 4.90 Å². The number of aryl methyl sites for hydroxylation is 2. The fraction of sp³-hybridized carbons (Fsp3) is 0.469. The number of hydrogen-bond donors (Lipinski definition) is 2. The highest BCUT2D eigenvalue weighted by Crippen LogP contribution is 2.62. The third kappa shape index (κ3) is 9.32. The number of carbonyl (C=O) groups is 1. The molecule has 3 aromatic carbocycles. The van der Waals surface area contributed by atoms with Gasteiger partial charge in [0.2, 0.25) is 12.6 Å². The van der Waals surface area contributed by atoms with E-state index in [-0.39, 0.29) is 63.9 Å². The summed E-state index contributed by atoms with van der Waals surface area (Å²) in [5.41, 5.74) is 5.69. The summed E-state index contributed by atoms with van der Waals surface area (Å²) >= 11 is 0. The van der Waals surface area contributed by atoms with Crippen molar-refractivity contribution in [1.82, 2.24) is 4.90 Å². The maximum Gasteiger partial charge on any atom is 0.410 e. The summed E-state index contributed by atoms with van der Waals surface area (Å²) in [6.45, 7) is 12.7. The molecule has 1 amide bonds. The second kappa shape index (κ2) is 20.0. The lowest BCUT2D eigenvalue weighted by molar-refractivity contribution is -0.256. The molecule has 2 N–H and O–H groups in total. The molecular weight excluding hydrogens is 777 g/mol. The van der Waals surface area contributed by atoms with Crippen LogP contribution in [0.1, 0.15) is 79.5 Å². The lowest BCUT2D eigenvalue weighted by Gasteiger charge is -2.59. The summed E-state index contributed by atoms with van der Waals surface area (Å²) < 4.78 is 38.4. The van der Waals surface area contributed by atoms with Gasteiger partial charge in [0.15, 0.2) is 11.5 Å². The SMILES string of the molecule is C=CCCOC(=O)N(Cc1ccc2c(c1)OCO2)[C@H]1CC(=NOC)C2=C[C@H](CCCCO)[C@@H](CCCCO)[C@@H]3c4cc(Oc5ccc(C)c(C)c5)ccc4O[C@@]1(OCC=C)[C@H]23. The predicted octanol–water partition coefficient (Wildman–Crippen LogP) is 9.30. The highest BCUT2D eigenvalue weighted by atomic mass is 16.7. The van der Waals surface area contributed by atoms with Gasteiger partial charge in [0.1, 0.15) is 30.4 Å². The molecule has 12 heteroatoms. The van der Waals surface area contributed by atoms with Crippen molar-refractivity contribution in [2.45, 2.75) is 89.5 Å². The van der Waals surface area contributed by atoms with Crippen molar-refractivity contribution in [3.05, 3.63) is 114 Å². The van der Waals surface area contributed by atoms with E-state index in [4.69, 9.17) is 38.4 Å². The summed E-state index contributed by atoms with van der Waals surface area (Å²) in [7, 11) is 1.53. The number of ether oxygens (including phenoxy) is 6. The third-order valence-corrected chi connectivity index (χ3v) is 12.5. The first-order valence-corrected chi connectivity index (χ1v) is 21.5. The van der Waals surface area contributed by atoms with Gasteiger partial charge in [-0.15, -0.1) is 13.2 Å². The fourth-order valence-corrected chi connectivity index (χ4v) is 9.59. The second-order valence-corrected chi connectivity index (χ2v) is 16.3. The van der Waals surface area contributed by atoms with Gasteiger partial charge < -0.3 is 43.5 Å². The number of aliphatic hydroxyl groups excluding tert-OH is 2. The number of benzene rings is 3. The molecular formula is C49H60N2O10. The van der Waals surface area contributed by atoms with Gasteiger partial charge in [0, 0.05) is 37.7 Å². The van der Waals surface area contributed by atoms with Crippen LogP contribution in [0.5, 0.6) is 28.7 Å². The molecule has 7 rings (SSSR count). The Morgan fingerprint density at radius 1 is 0.918 bits per heavy atom. The molecule has 2 heterocycles. The number of fused-ring (bicyclic) bond motifs is 3. The molecule has 4 aliphatic rings. The van der Waals surface area contributed by atoms with Gasteiger partial charge in [0.05, 0.1) is 24.8 Å². The van der Waals surface area contributed by atoms with Gasteiger partial charge in [-0.25, -0.2) is 4.79 Å². The average Bonchev–Trinajstić information content (AvgIpc) is 3.73.